The largest absolute Gasteiger partial charge is 1.00 e. The topological polar surface area (TPSA) is 164 Å². The molecule has 1 amide bonds. The van der Waals surface area contributed by atoms with E-state index >= 15 is 0 Å². The van der Waals surface area contributed by atoms with Gasteiger partial charge in [-0.1, -0.05) is 36.4 Å². The zero-order chi connectivity index (χ0) is 18.3. The third-order valence-electron chi connectivity index (χ3n) is 3.03. The van der Waals surface area contributed by atoms with Crippen molar-refractivity contribution in [3.05, 3.63) is 42.5 Å². The number of carboxylic acids is 1. The van der Waals surface area contributed by atoms with Crippen LogP contribution in [0.15, 0.2) is 47.4 Å². The summed E-state index contributed by atoms with van der Waals surface area (Å²) >= 11 is 0. The van der Waals surface area contributed by atoms with Crippen LogP contribution in [0.4, 0.5) is 0 Å². The van der Waals surface area contributed by atoms with E-state index in [4.69, 9.17) is 16.0 Å². The van der Waals surface area contributed by atoms with E-state index in [1.165, 1.54) is 6.07 Å². The number of fused-ring (bicyclic) bond motifs is 1. The van der Waals surface area contributed by atoms with Gasteiger partial charge in [0.05, 0.1) is 5.97 Å². The third-order valence-corrected chi connectivity index (χ3v) is 3.95. The van der Waals surface area contributed by atoms with Crippen LogP contribution < -0.4 is 46.1 Å². The van der Waals surface area contributed by atoms with Crippen molar-refractivity contribution in [3.63, 3.8) is 0 Å². The Kier molecular flexibility index (Phi) is 9.86. The van der Waals surface area contributed by atoms with Crippen molar-refractivity contribution in [2.45, 2.75) is 23.8 Å². The second-order valence-electron chi connectivity index (χ2n) is 4.88. The van der Waals surface area contributed by atoms with Crippen molar-refractivity contribution < 1.29 is 57.2 Å². The molecule has 2 aliphatic rings. The zero-order valence-electron chi connectivity index (χ0n) is 13.6. The average Bonchev–Trinajstić information content (AvgIpc) is 2.75. The summed E-state index contributed by atoms with van der Waals surface area (Å²) < 4.78 is 30.9. The molecule has 0 aromatic rings. The fourth-order valence-corrected chi connectivity index (χ4v) is 2.53. The smallest absolute Gasteiger partial charge is 0.548 e. The summed E-state index contributed by atoms with van der Waals surface area (Å²) in [6.45, 7) is 0. The average molecular weight is 376 g/mol. The zero-order valence-corrected chi connectivity index (χ0v) is 16.4. The first-order valence-corrected chi connectivity index (χ1v) is 8.27. The number of carbonyl (C=O) groups is 2. The number of hydrogen-bond acceptors (Lipinski definition) is 6. The van der Waals surface area contributed by atoms with Gasteiger partial charge in [0, 0.05) is 18.0 Å². The molecule has 0 bridgehead atoms. The number of rotatable bonds is 5. The molecule has 25 heavy (non-hydrogen) atoms. The van der Waals surface area contributed by atoms with Crippen molar-refractivity contribution in [3.8, 4) is 11.1 Å². The first kappa shape index (κ1) is 23.5. The van der Waals surface area contributed by atoms with E-state index in [0.717, 1.165) is 5.56 Å². The molecule has 10 heteroatoms. The standard InChI is InChI=1S/C10H8O3S.C5H10N2O3.Na/c11-14(12,13)10-7-6-8-4-2-1-3-5-9(8)10;6-3(5(9)10)1-2-4(7)8;/h1-7H,(H,11,12,13);3H,1-2,6H2,(H2,7,8)(H,9,10);/q;;+1/p-1/t;3-;/m.0./s1. The van der Waals surface area contributed by atoms with Crippen LogP contribution >= 0.6 is 0 Å². The second kappa shape index (κ2) is 10.5. The first-order valence-electron chi connectivity index (χ1n) is 6.83. The van der Waals surface area contributed by atoms with E-state index in [9.17, 15) is 23.1 Å². The van der Waals surface area contributed by atoms with Gasteiger partial charge in [0.2, 0.25) is 5.91 Å². The van der Waals surface area contributed by atoms with Crippen molar-refractivity contribution >= 4 is 22.0 Å². The summed E-state index contributed by atoms with van der Waals surface area (Å²) in [5, 5.41) is 9.92. The van der Waals surface area contributed by atoms with Crippen LogP contribution in [0.5, 0.6) is 0 Å². The maximum Gasteiger partial charge on any atom is 1.00 e. The van der Waals surface area contributed by atoms with Crippen LogP contribution in [-0.4, -0.2) is 30.9 Å². The van der Waals surface area contributed by atoms with Gasteiger partial charge in [-0.15, -0.1) is 0 Å². The molecule has 0 fully saturated rings. The summed E-state index contributed by atoms with van der Waals surface area (Å²) in [5.74, 6) is -1.92. The predicted octanol–water partition coefficient (Wildman–Crippen LogP) is -3.63. The van der Waals surface area contributed by atoms with Gasteiger partial charge in [-0.3, -0.25) is 9.35 Å². The Morgan fingerprint density at radius 3 is 2.24 bits per heavy atom. The summed E-state index contributed by atoms with van der Waals surface area (Å²) in [4.78, 5) is 20.0. The van der Waals surface area contributed by atoms with Crippen LogP contribution in [0.3, 0.4) is 0 Å². The molecule has 130 valence electrons. The number of hydrogen-bond donors (Lipinski definition) is 3. The fraction of sp³-hybridized carbons (Fsp3) is 0.200. The molecule has 0 saturated heterocycles. The van der Waals surface area contributed by atoms with Crippen molar-refractivity contribution in [2.24, 2.45) is 11.5 Å². The molecule has 0 saturated carbocycles. The molecular weight excluding hydrogens is 359 g/mol. The number of carboxylic acid groups (broad SMARTS) is 1. The molecular formula is C15H17N2NaO6S. The van der Waals surface area contributed by atoms with Crippen LogP contribution in [-0.2, 0) is 19.7 Å². The van der Waals surface area contributed by atoms with Crippen LogP contribution in [0.1, 0.15) is 12.8 Å². The summed E-state index contributed by atoms with van der Waals surface area (Å²) in [7, 11) is -4.12. The molecule has 0 aromatic heterocycles. The maximum absolute atomic E-state index is 11.0. The minimum Gasteiger partial charge on any atom is -0.548 e. The Morgan fingerprint density at radius 2 is 1.72 bits per heavy atom. The molecule has 2 aliphatic carbocycles. The van der Waals surface area contributed by atoms with Gasteiger partial charge >= 0.3 is 29.6 Å². The molecule has 0 spiro atoms. The summed E-state index contributed by atoms with van der Waals surface area (Å²) in [6.07, 6.45) is 0.0206. The number of carbonyl (C=O) groups excluding carboxylic acids is 2. The van der Waals surface area contributed by atoms with Crippen LogP contribution in [0.2, 0.25) is 0 Å². The Labute approximate surface area is 167 Å². The SMILES string of the molecule is NC(=O)CC[C@H](N)C(=O)[O-].O=S(=O)(O)c1ccc2cccccc1-2.[Na+]. The minimum atomic E-state index is -4.12. The molecule has 2 rings (SSSR count). The van der Waals surface area contributed by atoms with Gasteiger partial charge in [0.1, 0.15) is 4.90 Å². The number of primary amides is 1. The van der Waals surface area contributed by atoms with Gasteiger partial charge in [-0.2, -0.15) is 8.42 Å². The second-order valence-corrected chi connectivity index (χ2v) is 6.27. The number of nitrogens with two attached hydrogens (primary N) is 2. The van der Waals surface area contributed by atoms with Crippen molar-refractivity contribution in [1.29, 1.82) is 0 Å². The minimum absolute atomic E-state index is 0. The third kappa shape index (κ3) is 7.95. The quantitative estimate of drug-likeness (QED) is 0.358. The number of amides is 1. The molecule has 0 unspecified atom stereocenters. The number of aliphatic carboxylic acids is 1. The Balaban J connectivity index is 0.000000471. The van der Waals surface area contributed by atoms with Gasteiger partial charge in [-0.05, 0) is 18.1 Å². The van der Waals surface area contributed by atoms with Gasteiger partial charge < -0.3 is 21.4 Å². The Hall–Kier alpha value is -1.49. The van der Waals surface area contributed by atoms with Gasteiger partial charge in [0.15, 0.2) is 0 Å². The summed E-state index contributed by atoms with van der Waals surface area (Å²) in [6, 6.07) is 10.8. The van der Waals surface area contributed by atoms with E-state index < -0.39 is 28.0 Å². The van der Waals surface area contributed by atoms with E-state index in [-0.39, 0.29) is 47.3 Å². The molecule has 0 radical (unpaired) electrons. The van der Waals surface area contributed by atoms with E-state index in [1.807, 2.05) is 6.07 Å². The summed E-state index contributed by atoms with van der Waals surface area (Å²) in [5.41, 5.74) is 11.1. The normalized spacial score (nSPS) is 11.6. The predicted molar refractivity (Wildman–Crippen MR) is 84.3 cm³/mol. The van der Waals surface area contributed by atoms with Crippen LogP contribution in [0, 0.1) is 0 Å². The van der Waals surface area contributed by atoms with E-state index in [1.54, 1.807) is 30.3 Å². The monoisotopic (exact) mass is 376 g/mol. The van der Waals surface area contributed by atoms with Gasteiger partial charge in [0.25, 0.3) is 10.1 Å². The van der Waals surface area contributed by atoms with Crippen molar-refractivity contribution in [1.82, 2.24) is 0 Å². The van der Waals surface area contributed by atoms with Crippen molar-refractivity contribution in [2.75, 3.05) is 0 Å². The molecule has 5 N–H and O–H groups in total. The van der Waals surface area contributed by atoms with Gasteiger partial charge in [-0.25, -0.2) is 0 Å². The van der Waals surface area contributed by atoms with Crippen LogP contribution in [0.25, 0.3) is 11.1 Å². The molecule has 0 heterocycles. The van der Waals surface area contributed by atoms with E-state index in [2.05, 4.69) is 0 Å². The molecule has 8 nitrogen and oxygen atoms in total. The molecule has 0 aromatic carbocycles. The molecule has 0 aliphatic heterocycles. The maximum atomic E-state index is 11.0. The first-order chi connectivity index (χ1) is 11.1. The Bertz CT molecular complexity index is 796. The Morgan fingerprint density at radius 1 is 1.12 bits per heavy atom. The molecule has 1 atom stereocenters. The van der Waals surface area contributed by atoms with E-state index in [0.29, 0.717) is 5.56 Å². The fourth-order valence-electron chi connectivity index (χ4n) is 1.83.